The first-order valence-electron chi connectivity index (χ1n) is 4.40. The second-order valence-electron chi connectivity index (χ2n) is 2.94. The molecule has 1 aromatic rings. The molecule has 0 unspecified atom stereocenters. The van der Waals surface area contributed by atoms with E-state index in [0.29, 0.717) is 0 Å². The normalized spacial score (nSPS) is 11.4. The van der Waals surface area contributed by atoms with E-state index in [2.05, 4.69) is 25.7 Å². The van der Waals surface area contributed by atoms with Crippen molar-refractivity contribution in [3.8, 4) is 11.6 Å². The maximum absolute atomic E-state index is 12.1. The second kappa shape index (κ2) is 5.54. The fourth-order valence-corrected chi connectivity index (χ4v) is 1.74. The molecule has 0 amide bonds. The molecule has 0 aliphatic carbocycles. The molecule has 1 heterocycles. The molecule has 1 rings (SSSR count). The average Bonchev–Trinajstić information content (AvgIpc) is 2.26. The van der Waals surface area contributed by atoms with Crippen molar-refractivity contribution >= 4 is 15.9 Å². The first-order valence-corrected chi connectivity index (χ1v) is 5.52. The fourth-order valence-electron chi connectivity index (χ4n) is 1.25. The smallest absolute Gasteiger partial charge is 0.496 e. The summed E-state index contributed by atoms with van der Waals surface area (Å²) in [5, 5.41) is 9.05. The molecule has 0 aliphatic heterocycles. The van der Waals surface area contributed by atoms with E-state index in [-0.39, 0.29) is 28.8 Å². The highest BCUT2D eigenvalue weighted by molar-refractivity contribution is 9.08. The van der Waals surface area contributed by atoms with Crippen molar-refractivity contribution in [1.82, 2.24) is 4.98 Å². The lowest BCUT2D eigenvalue weighted by molar-refractivity contribution is -0.276. The van der Waals surface area contributed by atoms with E-state index in [1.807, 2.05) is 0 Å². The lowest BCUT2D eigenvalue weighted by atomic mass is 10.2. The van der Waals surface area contributed by atoms with E-state index in [1.165, 1.54) is 7.11 Å². The molecular formula is C9H9BrF3NO3. The lowest BCUT2D eigenvalue weighted by Crippen LogP contribution is -2.19. The van der Waals surface area contributed by atoms with Gasteiger partial charge in [-0.05, 0) is 0 Å². The summed E-state index contributed by atoms with van der Waals surface area (Å²) in [5.41, 5.74) is 0.382. The van der Waals surface area contributed by atoms with Gasteiger partial charge in [0.2, 0.25) is 5.88 Å². The Morgan fingerprint density at radius 3 is 2.53 bits per heavy atom. The van der Waals surface area contributed by atoms with Crippen molar-refractivity contribution in [2.75, 3.05) is 7.11 Å². The van der Waals surface area contributed by atoms with Gasteiger partial charge in [-0.15, -0.1) is 13.2 Å². The Morgan fingerprint density at radius 1 is 1.47 bits per heavy atom. The number of rotatable bonds is 4. The zero-order valence-electron chi connectivity index (χ0n) is 8.71. The highest BCUT2D eigenvalue weighted by Crippen LogP contribution is 2.34. The molecule has 0 aromatic carbocycles. The van der Waals surface area contributed by atoms with Crippen LogP contribution in [0.3, 0.4) is 0 Å². The Bertz CT molecular complexity index is 398. The number of ether oxygens (including phenoxy) is 2. The van der Waals surface area contributed by atoms with Crippen LogP contribution in [-0.4, -0.2) is 23.6 Å². The van der Waals surface area contributed by atoms with E-state index in [4.69, 9.17) is 9.84 Å². The molecule has 0 radical (unpaired) electrons. The molecule has 96 valence electrons. The van der Waals surface area contributed by atoms with Crippen LogP contribution >= 0.6 is 15.9 Å². The number of hydrogen-bond donors (Lipinski definition) is 1. The lowest BCUT2D eigenvalue weighted by Gasteiger charge is -2.15. The first kappa shape index (κ1) is 14.0. The topological polar surface area (TPSA) is 51.6 Å². The predicted molar refractivity (Wildman–Crippen MR) is 56.0 cm³/mol. The van der Waals surface area contributed by atoms with E-state index < -0.39 is 12.2 Å². The van der Waals surface area contributed by atoms with Gasteiger partial charge in [-0.2, -0.15) is 0 Å². The number of aliphatic hydroxyl groups is 1. The molecule has 0 saturated heterocycles. The minimum Gasteiger partial charge on any atom is -0.496 e. The Morgan fingerprint density at radius 2 is 2.12 bits per heavy atom. The second-order valence-corrected chi connectivity index (χ2v) is 3.50. The highest BCUT2D eigenvalue weighted by Gasteiger charge is 2.33. The molecule has 0 aliphatic rings. The van der Waals surface area contributed by atoms with Gasteiger partial charge in [0.15, 0.2) is 0 Å². The molecule has 0 fully saturated rings. The molecule has 0 saturated carbocycles. The van der Waals surface area contributed by atoms with Crippen LogP contribution in [0.5, 0.6) is 11.6 Å². The van der Waals surface area contributed by atoms with Crippen molar-refractivity contribution in [3.63, 3.8) is 0 Å². The molecule has 4 nitrogen and oxygen atoms in total. The van der Waals surface area contributed by atoms with Gasteiger partial charge in [-0.25, -0.2) is 4.98 Å². The van der Waals surface area contributed by atoms with Crippen molar-refractivity contribution in [2.24, 2.45) is 0 Å². The number of hydrogen-bond acceptors (Lipinski definition) is 4. The van der Waals surface area contributed by atoms with Crippen LogP contribution in [-0.2, 0) is 11.9 Å². The molecule has 1 N–H and O–H groups in total. The quantitative estimate of drug-likeness (QED) is 0.867. The van der Waals surface area contributed by atoms with Gasteiger partial charge >= 0.3 is 6.36 Å². The third-order valence-electron chi connectivity index (χ3n) is 1.88. The van der Waals surface area contributed by atoms with Crippen LogP contribution in [0.4, 0.5) is 13.2 Å². The summed E-state index contributed by atoms with van der Waals surface area (Å²) in [4.78, 5) is 3.50. The SMILES string of the molecule is COc1c(CO)cnc(OC(F)(F)F)c1CBr. The van der Waals surface area contributed by atoms with Crippen LogP contribution in [0.2, 0.25) is 0 Å². The first-order chi connectivity index (χ1) is 7.92. The summed E-state index contributed by atoms with van der Waals surface area (Å²) in [5.74, 6) is -0.470. The Kier molecular flexibility index (Phi) is 4.58. The monoisotopic (exact) mass is 315 g/mol. The number of alkyl halides is 4. The van der Waals surface area contributed by atoms with Gasteiger partial charge in [0, 0.05) is 17.1 Å². The van der Waals surface area contributed by atoms with Crippen molar-refractivity contribution in [1.29, 1.82) is 0 Å². The third-order valence-corrected chi connectivity index (χ3v) is 2.44. The Labute approximate surface area is 103 Å². The average molecular weight is 316 g/mol. The van der Waals surface area contributed by atoms with Crippen molar-refractivity contribution < 1.29 is 27.8 Å². The van der Waals surface area contributed by atoms with Gasteiger partial charge in [0.05, 0.1) is 19.3 Å². The van der Waals surface area contributed by atoms with E-state index in [0.717, 1.165) is 6.20 Å². The van der Waals surface area contributed by atoms with Crippen molar-refractivity contribution in [2.45, 2.75) is 18.3 Å². The molecule has 17 heavy (non-hydrogen) atoms. The zero-order valence-corrected chi connectivity index (χ0v) is 10.3. The van der Waals surface area contributed by atoms with E-state index in [9.17, 15) is 13.2 Å². The number of halogens is 4. The number of aliphatic hydroxyl groups excluding tert-OH is 1. The zero-order chi connectivity index (χ0) is 13.1. The van der Waals surface area contributed by atoms with E-state index in [1.54, 1.807) is 0 Å². The van der Waals surface area contributed by atoms with Crippen LogP contribution in [0.15, 0.2) is 6.20 Å². The Hall–Kier alpha value is -1.02. The van der Waals surface area contributed by atoms with Crippen LogP contribution in [0, 0.1) is 0 Å². The number of methoxy groups -OCH3 is 1. The molecule has 0 bridgehead atoms. The van der Waals surface area contributed by atoms with Crippen LogP contribution in [0.1, 0.15) is 11.1 Å². The third kappa shape index (κ3) is 3.47. The minimum absolute atomic E-state index is 0.0580. The maximum atomic E-state index is 12.1. The maximum Gasteiger partial charge on any atom is 0.574 e. The summed E-state index contributed by atoms with van der Waals surface area (Å²) in [6.07, 6.45) is -3.75. The summed E-state index contributed by atoms with van der Waals surface area (Å²) < 4.78 is 45.0. The summed E-state index contributed by atoms with van der Waals surface area (Å²) in [7, 11) is 1.29. The fraction of sp³-hybridized carbons (Fsp3) is 0.444. The number of pyridine rings is 1. The summed E-state index contributed by atoms with van der Waals surface area (Å²) in [6, 6.07) is 0. The summed E-state index contributed by atoms with van der Waals surface area (Å²) >= 11 is 3.02. The van der Waals surface area contributed by atoms with Gasteiger partial charge in [0.25, 0.3) is 0 Å². The van der Waals surface area contributed by atoms with Gasteiger partial charge in [0.1, 0.15) is 5.75 Å². The van der Waals surface area contributed by atoms with Gasteiger partial charge in [-0.3, -0.25) is 0 Å². The predicted octanol–water partition coefficient (Wildman–Crippen LogP) is 2.38. The van der Waals surface area contributed by atoms with Crippen LogP contribution in [0.25, 0.3) is 0 Å². The van der Waals surface area contributed by atoms with E-state index >= 15 is 0 Å². The van der Waals surface area contributed by atoms with Crippen molar-refractivity contribution in [3.05, 3.63) is 17.3 Å². The molecule has 1 aromatic heterocycles. The van der Waals surface area contributed by atoms with Crippen LogP contribution < -0.4 is 9.47 Å². The highest BCUT2D eigenvalue weighted by atomic mass is 79.9. The molecule has 8 heteroatoms. The standard InChI is InChI=1S/C9H9BrF3NO3/c1-16-7-5(4-15)3-14-8(6(7)2-10)17-9(11,12)13/h3,15H,2,4H2,1H3. The van der Waals surface area contributed by atoms with Gasteiger partial charge < -0.3 is 14.6 Å². The molecular weight excluding hydrogens is 307 g/mol. The molecule has 0 spiro atoms. The Balaban J connectivity index is 3.23. The number of nitrogens with zero attached hydrogens (tertiary/aromatic N) is 1. The summed E-state index contributed by atoms with van der Waals surface area (Å²) in [6.45, 7) is -0.386. The van der Waals surface area contributed by atoms with Gasteiger partial charge in [-0.1, -0.05) is 15.9 Å². The molecule has 0 atom stereocenters. The minimum atomic E-state index is -4.82. The number of aromatic nitrogens is 1. The largest absolute Gasteiger partial charge is 0.574 e.